The Labute approximate surface area is 228 Å². The lowest BCUT2D eigenvalue weighted by molar-refractivity contribution is -0.116. The normalized spacial score (nSPS) is 20.2. The largest absolute Gasteiger partial charge is 0.365 e. The van der Waals surface area contributed by atoms with Gasteiger partial charge in [0.15, 0.2) is 5.11 Å². The summed E-state index contributed by atoms with van der Waals surface area (Å²) < 4.78 is 0. The first kappa shape index (κ1) is 25.2. The summed E-state index contributed by atoms with van der Waals surface area (Å²) in [6.07, 6.45) is 4.03. The Kier molecular flexibility index (Phi) is 6.68. The summed E-state index contributed by atoms with van der Waals surface area (Å²) in [5.41, 5.74) is 5.73. The Morgan fingerprint density at radius 1 is 1.16 bits per heavy atom. The minimum Gasteiger partial charge on any atom is -0.365 e. The Morgan fingerprint density at radius 3 is 2.59 bits per heavy atom. The molecular weight excluding hydrogens is 502 g/mol. The Balaban J connectivity index is 1.56. The lowest BCUT2D eigenvalue weighted by Gasteiger charge is -2.41. The Hall–Kier alpha value is -3.42. The van der Waals surface area contributed by atoms with Crippen LogP contribution in [0.5, 0.6) is 0 Å². The highest BCUT2D eigenvalue weighted by Gasteiger charge is 2.42. The summed E-state index contributed by atoms with van der Waals surface area (Å²) in [6, 6.07) is 18.8. The molecule has 1 fully saturated rings. The van der Waals surface area contributed by atoms with Crippen LogP contribution in [0.25, 0.3) is 5.57 Å². The van der Waals surface area contributed by atoms with Gasteiger partial charge in [0, 0.05) is 35.2 Å². The predicted octanol–water partition coefficient (Wildman–Crippen LogP) is 5.98. The van der Waals surface area contributed by atoms with Crippen molar-refractivity contribution in [3.05, 3.63) is 94.8 Å². The molecule has 1 saturated heterocycles. The number of hydrogen-bond donors (Lipinski definition) is 2. The molecule has 8 heteroatoms. The highest BCUT2D eigenvalue weighted by Crippen LogP contribution is 2.46. The molecule has 37 heavy (non-hydrogen) atoms. The fourth-order valence-corrected chi connectivity index (χ4v) is 5.78. The van der Waals surface area contributed by atoms with Crippen molar-refractivity contribution < 1.29 is 4.79 Å². The Bertz CT molecular complexity index is 1380. The zero-order chi connectivity index (χ0) is 26.3. The van der Waals surface area contributed by atoms with Crippen molar-refractivity contribution in [3.8, 4) is 0 Å². The van der Waals surface area contributed by atoms with Crippen LogP contribution in [0.4, 0.5) is 11.4 Å². The SMILES string of the molecule is CC1=CC(C)(C)N(C)c2cc(Cl)c([C@H]3[C@H](c4ccccn4)NC(=S)N3CC(=O)Nc3ccccc3)cc21. The summed E-state index contributed by atoms with van der Waals surface area (Å²) in [7, 11) is 2.08. The van der Waals surface area contributed by atoms with Gasteiger partial charge in [-0.1, -0.05) is 41.9 Å². The molecule has 5 rings (SSSR count). The lowest BCUT2D eigenvalue weighted by atomic mass is 9.86. The molecule has 0 radical (unpaired) electrons. The number of aromatic nitrogens is 1. The molecule has 0 spiro atoms. The zero-order valence-electron chi connectivity index (χ0n) is 21.3. The van der Waals surface area contributed by atoms with E-state index in [-0.39, 0.29) is 30.1 Å². The fraction of sp³-hybridized carbons (Fsp3) is 0.276. The monoisotopic (exact) mass is 531 g/mol. The van der Waals surface area contributed by atoms with Gasteiger partial charge in [0.2, 0.25) is 5.91 Å². The molecule has 2 aliphatic heterocycles. The van der Waals surface area contributed by atoms with Crippen molar-refractivity contribution in [3.63, 3.8) is 0 Å². The molecule has 1 aromatic heterocycles. The molecular formula is C29H30ClN5OS. The molecule has 0 saturated carbocycles. The van der Waals surface area contributed by atoms with Crippen LogP contribution >= 0.6 is 23.8 Å². The van der Waals surface area contributed by atoms with E-state index in [0.717, 1.165) is 28.2 Å². The van der Waals surface area contributed by atoms with Crippen LogP contribution in [0, 0.1) is 0 Å². The zero-order valence-corrected chi connectivity index (χ0v) is 22.9. The number of anilines is 2. The van der Waals surface area contributed by atoms with Crippen molar-refractivity contribution >= 4 is 51.8 Å². The molecule has 190 valence electrons. The number of carbonyl (C=O) groups excluding carboxylic acids is 1. The molecule has 2 aromatic carbocycles. The van der Waals surface area contributed by atoms with Gasteiger partial charge in [0.05, 0.1) is 23.3 Å². The van der Waals surface area contributed by atoms with Crippen LogP contribution in [-0.2, 0) is 4.79 Å². The number of benzene rings is 2. The molecule has 0 aliphatic carbocycles. The van der Waals surface area contributed by atoms with E-state index in [1.165, 1.54) is 5.57 Å². The minimum absolute atomic E-state index is 0.0733. The first-order chi connectivity index (χ1) is 17.7. The number of nitrogens with zero attached hydrogens (tertiary/aromatic N) is 3. The number of likely N-dealkylation sites (N-methyl/N-ethyl adjacent to an activating group) is 1. The van der Waals surface area contributed by atoms with Crippen LogP contribution in [-0.4, -0.2) is 40.0 Å². The van der Waals surface area contributed by atoms with Gasteiger partial charge in [-0.05, 0) is 80.5 Å². The third kappa shape index (κ3) is 4.81. The number of para-hydroxylation sites is 1. The highest BCUT2D eigenvalue weighted by atomic mass is 35.5. The lowest BCUT2D eigenvalue weighted by Crippen LogP contribution is -2.42. The fourth-order valence-electron chi connectivity index (χ4n) is 5.21. The number of hydrogen-bond acceptors (Lipinski definition) is 4. The molecule has 1 amide bonds. The number of carbonyl (C=O) groups is 1. The third-order valence-corrected chi connectivity index (χ3v) is 7.90. The number of thiocarbonyl (C=S) groups is 1. The van der Waals surface area contributed by atoms with Crippen LogP contribution in [0.2, 0.25) is 5.02 Å². The number of fused-ring (bicyclic) bond motifs is 1. The van der Waals surface area contributed by atoms with Crippen LogP contribution in [0.3, 0.4) is 0 Å². The molecule has 0 unspecified atom stereocenters. The third-order valence-electron chi connectivity index (χ3n) is 7.22. The van der Waals surface area contributed by atoms with Crippen LogP contribution in [0.15, 0.2) is 72.9 Å². The van der Waals surface area contributed by atoms with E-state index in [1.54, 1.807) is 6.20 Å². The number of allylic oxidation sites excluding steroid dienone is 1. The van der Waals surface area contributed by atoms with Crippen molar-refractivity contribution in [1.82, 2.24) is 15.2 Å². The van der Waals surface area contributed by atoms with Crippen LogP contribution in [0.1, 0.15) is 49.7 Å². The van der Waals surface area contributed by atoms with Gasteiger partial charge < -0.3 is 20.4 Å². The van der Waals surface area contributed by atoms with E-state index in [9.17, 15) is 4.79 Å². The van der Waals surface area contributed by atoms with Gasteiger partial charge in [0.25, 0.3) is 0 Å². The van der Waals surface area contributed by atoms with Crippen molar-refractivity contribution in [2.75, 3.05) is 23.8 Å². The van der Waals surface area contributed by atoms with Gasteiger partial charge in [-0.3, -0.25) is 9.78 Å². The maximum absolute atomic E-state index is 13.1. The summed E-state index contributed by atoms with van der Waals surface area (Å²) in [6.45, 7) is 6.57. The van der Waals surface area contributed by atoms with Crippen molar-refractivity contribution in [1.29, 1.82) is 0 Å². The predicted molar refractivity (Wildman–Crippen MR) is 155 cm³/mol. The second kappa shape index (κ2) is 9.80. The van der Waals surface area contributed by atoms with E-state index in [1.807, 2.05) is 59.5 Å². The molecule has 3 heterocycles. The van der Waals surface area contributed by atoms with Crippen molar-refractivity contribution in [2.45, 2.75) is 38.4 Å². The molecule has 3 aromatic rings. The van der Waals surface area contributed by atoms with Gasteiger partial charge >= 0.3 is 0 Å². The summed E-state index contributed by atoms with van der Waals surface area (Å²) >= 11 is 12.8. The number of pyridine rings is 1. The summed E-state index contributed by atoms with van der Waals surface area (Å²) in [5, 5.41) is 7.50. The van der Waals surface area contributed by atoms with Gasteiger partial charge in [-0.25, -0.2) is 0 Å². The molecule has 2 N–H and O–H groups in total. The van der Waals surface area contributed by atoms with Crippen LogP contribution < -0.4 is 15.5 Å². The average Bonchev–Trinajstić information content (AvgIpc) is 3.18. The molecule has 2 aliphatic rings. The standard InChI is InChI=1S/C29H30ClN5OS/c1-18-16-29(2,3)34(4)24-15-22(30)21(14-20(18)24)27-26(23-12-8-9-13-31-23)33-28(37)35(27)17-25(36)32-19-10-6-5-7-11-19/h5-16,26-27H,17H2,1-4H3,(H,32,36)(H,33,37)/t26-,27-/m0/s1. The smallest absolute Gasteiger partial charge is 0.244 e. The molecule has 6 nitrogen and oxygen atoms in total. The number of nitrogens with one attached hydrogen (secondary N) is 2. The van der Waals surface area contributed by atoms with Gasteiger partial charge in [-0.15, -0.1) is 0 Å². The van der Waals surface area contributed by atoms with E-state index >= 15 is 0 Å². The van der Waals surface area contributed by atoms with Gasteiger partial charge in [0.1, 0.15) is 6.54 Å². The first-order valence-corrected chi connectivity index (χ1v) is 13.0. The number of rotatable bonds is 5. The van der Waals surface area contributed by atoms with E-state index in [4.69, 9.17) is 23.8 Å². The maximum Gasteiger partial charge on any atom is 0.244 e. The number of halogens is 1. The average molecular weight is 532 g/mol. The minimum atomic E-state index is -0.324. The molecule has 2 atom stereocenters. The first-order valence-electron chi connectivity index (χ1n) is 12.3. The Morgan fingerprint density at radius 2 is 1.89 bits per heavy atom. The highest BCUT2D eigenvalue weighted by molar-refractivity contribution is 7.80. The van der Waals surface area contributed by atoms with E-state index < -0.39 is 0 Å². The van der Waals surface area contributed by atoms with Gasteiger partial charge in [-0.2, -0.15) is 0 Å². The topological polar surface area (TPSA) is 60.5 Å². The summed E-state index contributed by atoms with van der Waals surface area (Å²) in [5.74, 6) is -0.159. The maximum atomic E-state index is 13.1. The van der Waals surface area contributed by atoms with E-state index in [2.05, 4.69) is 60.5 Å². The van der Waals surface area contributed by atoms with Crippen molar-refractivity contribution in [2.24, 2.45) is 0 Å². The van der Waals surface area contributed by atoms with E-state index in [0.29, 0.717) is 10.1 Å². The second-order valence-electron chi connectivity index (χ2n) is 10.1. The summed E-state index contributed by atoms with van der Waals surface area (Å²) in [4.78, 5) is 21.9. The molecule has 0 bridgehead atoms. The quantitative estimate of drug-likeness (QED) is 0.395. The second-order valence-corrected chi connectivity index (χ2v) is 10.9. The number of amides is 1.